The zero-order valence-electron chi connectivity index (χ0n) is 12.2. The molecule has 0 saturated carbocycles. The summed E-state index contributed by atoms with van der Waals surface area (Å²) in [4.78, 5) is 0. The normalized spacial score (nSPS) is 11.2. The molecule has 0 atom stereocenters. The first-order valence-corrected chi connectivity index (χ1v) is 10.2. The van der Waals surface area contributed by atoms with E-state index in [0.29, 0.717) is 5.65 Å². The number of rotatable bonds is 1. The first-order chi connectivity index (χ1) is 10.0. The van der Waals surface area contributed by atoms with Crippen LogP contribution in [0.3, 0.4) is 0 Å². The number of nitrogens with zero attached hydrogens (tertiary/aromatic N) is 5. The van der Waals surface area contributed by atoms with Gasteiger partial charge in [-0.25, -0.2) is 0 Å². The van der Waals surface area contributed by atoms with Crippen LogP contribution in [0.4, 0.5) is 0 Å². The van der Waals surface area contributed by atoms with Gasteiger partial charge in [0.25, 0.3) is 0 Å². The predicted octanol–water partition coefficient (Wildman–Crippen LogP) is 2.42. The van der Waals surface area contributed by atoms with E-state index in [9.17, 15) is 0 Å². The summed E-state index contributed by atoms with van der Waals surface area (Å²) in [5, 5.41) is 15.6. The highest BCUT2D eigenvalue weighted by Crippen LogP contribution is 2.17. The predicted molar refractivity (Wildman–Crippen MR) is 84.2 cm³/mol. The standard InChI is InChI=1S/C15H15N5Si/c1-21(2,3)11-10-12-4-6-13(7-5-12)14-8-9-15-16-18-19-20(15)17-14/h4-9H,1-3H3. The summed E-state index contributed by atoms with van der Waals surface area (Å²) >= 11 is 0. The Morgan fingerprint density at radius 2 is 1.76 bits per heavy atom. The molecule has 6 heteroatoms. The summed E-state index contributed by atoms with van der Waals surface area (Å²) < 4.78 is 1.42. The molecule has 2 heterocycles. The maximum Gasteiger partial charge on any atom is 0.200 e. The molecule has 0 bridgehead atoms. The van der Waals surface area contributed by atoms with Crippen LogP contribution in [-0.4, -0.2) is 33.3 Å². The van der Waals surface area contributed by atoms with Gasteiger partial charge in [-0.3, -0.25) is 0 Å². The van der Waals surface area contributed by atoms with Crippen molar-refractivity contribution in [1.82, 2.24) is 25.3 Å². The van der Waals surface area contributed by atoms with Gasteiger partial charge in [0.2, 0.25) is 0 Å². The lowest BCUT2D eigenvalue weighted by Crippen LogP contribution is -2.16. The minimum absolute atomic E-state index is 0.636. The minimum Gasteiger partial charge on any atom is -0.147 e. The van der Waals surface area contributed by atoms with Crippen molar-refractivity contribution in [3.63, 3.8) is 0 Å². The third-order valence-corrected chi connectivity index (χ3v) is 3.71. The number of tetrazole rings is 1. The van der Waals surface area contributed by atoms with Gasteiger partial charge in [-0.2, -0.15) is 0 Å². The summed E-state index contributed by atoms with van der Waals surface area (Å²) in [6, 6.07) is 11.8. The molecule has 0 N–H and O–H groups in total. The van der Waals surface area contributed by atoms with Crippen LogP contribution in [-0.2, 0) is 0 Å². The largest absolute Gasteiger partial charge is 0.200 e. The molecule has 0 saturated heterocycles. The van der Waals surface area contributed by atoms with Crippen molar-refractivity contribution in [2.24, 2.45) is 0 Å². The smallest absolute Gasteiger partial charge is 0.147 e. The van der Waals surface area contributed by atoms with Gasteiger partial charge in [-0.1, -0.05) is 37.7 Å². The van der Waals surface area contributed by atoms with E-state index in [2.05, 4.69) is 51.7 Å². The third-order valence-electron chi connectivity index (χ3n) is 2.83. The fourth-order valence-electron chi connectivity index (χ4n) is 1.79. The molecule has 0 amide bonds. The Morgan fingerprint density at radius 3 is 2.48 bits per heavy atom. The molecule has 0 fully saturated rings. The van der Waals surface area contributed by atoms with Crippen molar-refractivity contribution in [2.45, 2.75) is 19.6 Å². The van der Waals surface area contributed by atoms with E-state index in [1.807, 2.05) is 36.4 Å². The number of hydrogen-bond donors (Lipinski definition) is 0. The molecule has 2 aromatic heterocycles. The molecule has 0 unspecified atom stereocenters. The van der Waals surface area contributed by atoms with E-state index in [1.54, 1.807) is 0 Å². The van der Waals surface area contributed by atoms with Gasteiger partial charge in [0.15, 0.2) is 5.65 Å². The van der Waals surface area contributed by atoms with Crippen molar-refractivity contribution in [2.75, 3.05) is 0 Å². The second-order valence-electron chi connectivity index (χ2n) is 5.82. The Balaban J connectivity index is 1.91. The summed E-state index contributed by atoms with van der Waals surface area (Å²) in [5.74, 6) is 3.24. The Morgan fingerprint density at radius 1 is 1.00 bits per heavy atom. The fourth-order valence-corrected chi connectivity index (χ4v) is 2.31. The molecule has 0 aliphatic heterocycles. The second-order valence-corrected chi connectivity index (χ2v) is 10.6. The maximum atomic E-state index is 4.37. The van der Waals surface area contributed by atoms with E-state index in [4.69, 9.17) is 0 Å². The van der Waals surface area contributed by atoms with Crippen LogP contribution in [0.25, 0.3) is 16.9 Å². The van der Waals surface area contributed by atoms with E-state index >= 15 is 0 Å². The van der Waals surface area contributed by atoms with Crippen LogP contribution in [0.5, 0.6) is 0 Å². The zero-order valence-corrected chi connectivity index (χ0v) is 13.2. The molecule has 104 valence electrons. The van der Waals surface area contributed by atoms with Crippen LogP contribution in [0.15, 0.2) is 36.4 Å². The van der Waals surface area contributed by atoms with Gasteiger partial charge in [0, 0.05) is 11.1 Å². The van der Waals surface area contributed by atoms with Crippen LogP contribution in [0.2, 0.25) is 19.6 Å². The first kappa shape index (κ1) is 13.5. The molecular weight excluding hydrogens is 278 g/mol. The first-order valence-electron chi connectivity index (χ1n) is 6.70. The van der Waals surface area contributed by atoms with Gasteiger partial charge < -0.3 is 0 Å². The van der Waals surface area contributed by atoms with Gasteiger partial charge in [0.1, 0.15) is 8.07 Å². The van der Waals surface area contributed by atoms with Crippen molar-refractivity contribution >= 4 is 13.7 Å². The SMILES string of the molecule is C[Si](C)(C)C#Cc1ccc(-c2ccc3nnnn3n2)cc1. The lowest BCUT2D eigenvalue weighted by atomic mass is 10.1. The number of hydrogen-bond acceptors (Lipinski definition) is 4. The molecule has 0 radical (unpaired) electrons. The molecule has 5 nitrogen and oxygen atoms in total. The van der Waals surface area contributed by atoms with Crippen LogP contribution < -0.4 is 0 Å². The summed E-state index contributed by atoms with van der Waals surface area (Å²) in [7, 11) is -1.34. The molecule has 1 aromatic carbocycles. The lowest BCUT2D eigenvalue weighted by molar-refractivity contribution is 0.736. The van der Waals surface area contributed by atoms with Crippen molar-refractivity contribution in [3.8, 4) is 22.7 Å². The van der Waals surface area contributed by atoms with E-state index in [0.717, 1.165) is 16.8 Å². The Labute approximate surface area is 124 Å². The summed E-state index contributed by atoms with van der Waals surface area (Å²) in [6.07, 6.45) is 0. The number of fused-ring (bicyclic) bond motifs is 1. The molecule has 0 spiro atoms. The lowest BCUT2D eigenvalue weighted by Gasteiger charge is -2.04. The molecular formula is C15H15N5Si. The minimum atomic E-state index is -1.34. The highest BCUT2D eigenvalue weighted by Gasteiger charge is 2.07. The van der Waals surface area contributed by atoms with Gasteiger partial charge in [0.05, 0.1) is 5.69 Å². The Kier molecular flexibility index (Phi) is 3.27. The summed E-state index contributed by atoms with van der Waals surface area (Å²) in [6.45, 7) is 6.71. The van der Waals surface area contributed by atoms with Crippen LogP contribution in [0.1, 0.15) is 5.56 Å². The van der Waals surface area contributed by atoms with Gasteiger partial charge in [-0.15, -0.1) is 20.4 Å². The summed E-state index contributed by atoms with van der Waals surface area (Å²) in [5.41, 5.74) is 6.88. The quantitative estimate of drug-likeness (QED) is 0.511. The van der Waals surface area contributed by atoms with E-state index in [1.165, 1.54) is 4.63 Å². The molecule has 21 heavy (non-hydrogen) atoms. The maximum absolute atomic E-state index is 4.37. The van der Waals surface area contributed by atoms with E-state index < -0.39 is 8.07 Å². The van der Waals surface area contributed by atoms with Gasteiger partial charge in [-0.05, 0) is 34.7 Å². The number of aromatic nitrogens is 5. The highest BCUT2D eigenvalue weighted by atomic mass is 28.3. The Hall–Kier alpha value is -2.52. The van der Waals surface area contributed by atoms with Crippen molar-refractivity contribution in [3.05, 3.63) is 42.0 Å². The van der Waals surface area contributed by atoms with Crippen LogP contribution >= 0.6 is 0 Å². The van der Waals surface area contributed by atoms with Crippen LogP contribution in [0, 0.1) is 11.5 Å². The fraction of sp³-hybridized carbons (Fsp3) is 0.200. The molecule has 3 rings (SSSR count). The zero-order chi connectivity index (χ0) is 14.9. The highest BCUT2D eigenvalue weighted by molar-refractivity contribution is 6.83. The van der Waals surface area contributed by atoms with Gasteiger partial charge >= 0.3 is 0 Å². The average Bonchev–Trinajstić information content (AvgIpc) is 2.92. The second kappa shape index (κ2) is 5.11. The number of benzene rings is 1. The van der Waals surface area contributed by atoms with Crippen molar-refractivity contribution in [1.29, 1.82) is 0 Å². The average molecular weight is 293 g/mol. The molecule has 0 aliphatic carbocycles. The Bertz CT molecular complexity index is 834. The molecule has 3 aromatic rings. The monoisotopic (exact) mass is 293 g/mol. The molecule has 0 aliphatic rings. The third kappa shape index (κ3) is 3.15. The van der Waals surface area contributed by atoms with E-state index in [-0.39, 0.29) is 0 Å². The topological polar surface area (TPSA) is 56.0 Å². The van der Waals surface area contributed by atoms with Crippen molar-refractivity contribution < 1.29 is 0 Å².